The van der Waals surface area contributed by atoms with Crippen LogP contribution in [0.4, 0.5) is 4.39 Å². The van der Waals surface area contributed by atoms with Gasteiger partial charge in [-0.1, -0.05) is 30.8 Å². The number of carbonyl (C=O) groups is 3. The summed E-state index contributed by atoms with van der Waals surface area (Å²) in [6, 6.07) is 4.95. The van der Waals surface area contributed by atoms with Gasteiger partial charge < -0.3 is 9.84 Å². The lowest BCUT2D eigenvalue weighted by atomic mass is 9.89. The number of carbonyl (C=O) groups excluding carboxylic acids is 3. The van der Waals surface area contributed by atoms with E-state index in [0.29, 0.717) is 5.82 Å². The number of nitrogens with one attached hydrogen (secondary N) is 3. The summed E-state index contributed by atoms with van der Waals surface area (Å²) in [7, 11) is 0. The van der Waals surface area contributed by atoms with Crippen LogP contribution in [0.3, 0.4) is 0 Å². The van der Waals surface area contributed by atoms with Gasteiger partial charge in [0.05, 0.1) is 0 Å². The molecular weight excluding hydrogens is 405 g/mol. The van der Waals surface area contributed by atoms with E-state index in [2.05, 4.69) is 26.3 Å². The Balaban J connectivity index is 1.54. The van der Waals surface area contributed by atoms with E-state index in [1.54, 1.807) is 0 Å². The van der Waals surface area contributed by atoms with Crippen LogP contribution in [0.15, 0.2) is 28.8 Å². The fraction of sp³-hybridized carbons (Fsp3) is 0.476. The highest BCUT2D eigenvalue weighted by molar-refractivity contribution is 5.95. The van der Waals surface area contributed by atoms with E-state index in [-0.39, 0.29) is 30.2 Å². The van der Waals surface area contributed by atoms with Gasteiger partial charge in [0.15, 0.2) is 5.82 Å². The predicted octanol–water partition coefficient (Wildman–Crippen LogP) is 2.29. The van der Waals surface area contributed by atoms with Gasteiger partial charge in [-0.2, -0.15) is 4.98 Å². The number of amides is 3. The molecule has 31 heavy (non-hydrogen) atoms. The normalized spacial score (nSPS) is 15.5. The molecule has 3 N–H and O–H groups in total. The summed E-state index contributed by atoms with van der Waals surface area (Å²) in [5.41, 5.74) is 4.14. The molecule has 10 heteroatoms. The lowest BCUT2D eigenvalue weighted by Gasteiger charge is -2.30. The Kier molecular flexibility index (Phi) is 7.32. The summed E-state index contributed by atoms with van der Waals surface area (Å²) < 4.78 is 18.2. The van der Waals surface area contributed by atoms with Gasteiger partial charge in [-0.05, 0) is 37.1 Å². The lowest BCUT2D eigenvalue weighted by Crippen LogP contribution is -2.45. The molecule has 0 spiro atoms. The van der Waals surface area contributed by atoms with Crippen molar-refractivity contribution in [1.82, 2.24) is 26.3 Å². The highest BCUT2D eigenvalue weighted by atomic mass is 19.1. The van der Waals surface area contributed by atoms with Crippen molar-refractivity contribution in [3.8, 4) is 0 Å². The summed E-state index contributed by atoms with van der Waals surface area (Å²) >= 11 is 0. The van der Waals surface area contributed by atoms with Crippen molar-refractivity contribution in [2.24, 2.45) is 0 Å². The second-order valence-corrected chi connectivity index (χ2v) is 7.70. The smallest absolute Gasteiger partial charge is 0.269 e. The SMILES string of the molecule is CC(=O)NC1(c2noc(CCC(=O)NNC(=O)c3ccc(F)cc3)n2)CCCCCC1. The van der Waals surface area contributed by atoms with Crippen LogP contribution in [0.5, 0.6) is 0 Å². The first kappa shape index (κ1) is 22.4. The van der Waals surface area contributed by atoms with E-state index >= 15 is 0 Å². The van der Waals surface area contributed by atoms with E-state index in [1.165, 1.54) is 19.1 Å². The van der Waals surface area contributed by atoms with Crippen LogP contribution < -0.4 is 16.2 Å². The minimum Gasteiger partial charge on any atom is -0.343 e. The third kappa shape index (κ3) is 6.09. The molecule has 3 amide bonds. The molecule has 166 valence electrons. The molecular formula is C21H26FN5O4. The maximum Gasteiger partial charge on any atom is 0.269 e. The van der Waals surface area contributed by atoms with E-state index < -0.39 is 23.2 Å². The largest absolute Gasteiger partial charge is 0.343 e. The van der Waals surface area contributed by atoms with Crippen molar-refractivity contribution in [3.05, 3.63) is 47.4 Å². The van der Waals surface area contributed by atoms with Crippen molar-refractivity contribution >= 4 is 17.7 Å². The average molecular weight is 431 g/mol. The maximum atomic E-state index is 12.9. The van der Waals surface area contributed by atoms with Gasteiger partial charge in [0.1, 0.15) is 11.4 Å². The van der Waals surface area contributed by atoms with Crippen molar-refractivity contribution < 1.29 is 23.3 Å². The number of benzene rings is 1. The molecule has 3 rings (SSSR count). The van der Waals surface area contributed by atoms with Crippen LogP contribution in [-0.4, -0.2) is 27.9 Å². The Morgan fingerprint density at radius 1 is 1.06 bits per heavy atom. The van der Waals surface area contributed by atoms with Gasteiger partial charge in [0.2, 0.25) is 17.7 Å². The van der Waals surface area contributed by atoms with Crippen molar-refractivity contribution in [2.45, 2.75) is 63.8 Å². The first-order chi connectivity index (χ1) is 14.9. The number of hydrazine groups is 1. The van der Waals surface area contributed by atoms with Crippen molar-refractivity contribution in [3.63, 3.8) is 0 Å². The summed E-state index contributed by atoms with van der Waals surface area (Å²) in [4.78, 5) is 40.2. The van der Waals surface area contributed by atoms with E-state index in [4.69, 9.17) is 4.52 Å². The van der Waals surface area contributed by atoms with Crippen LogP contribution in [0.25, 0.3) is 0 Å². The zero-order valence-corrected chi connectivity index (χ0v) is 17.4. The molecule has 0 radical (unpaired) electrons. The van der Waals surface area contributed by atoms with Crippen LogP contribution in [0, 0.1) is 5.82 Å². The summed E-state index contributed by atoms with van der Waals surface area (Å²) in [5.74, 6) is -0.887. The molecule has 1 saturated carbocycles. The summed E-state index contributed by atoms with van der Waals surface area (Å²) in [5, 5.41) is 7.08. The fourth-order valence-electron chi connectivity index (χ4n) is 3.71. The highest BCUT2D eigenvalue weighted by Crippen LogP contribution is 2.34. The van der Waals surface area contributed by atoms with Gasteiger partial charge in [-0.15, -0.1) is 0 Å². The van der Waals surface area contributed by atoms with E-state index in [1.807, 2.05) is 0 Å². The first-order valence-electron chi connectivity index (χ1n) is 10.3. The molecule has 0 atom stereocenters. The molecule has 1 heterocycles. The van der Waals surface area contributed by atoms with Crippen molar-refractivity contribution in [2.75, 3.05) is 0 Å². The Hall–Kier alpha value is -3.30. The quantitative estimate of drug-likeness (QED) is 0.476. The Morgan fingerprint density at radius 2 is 1.74 bits per heavy atom. The minimum absolute atomic E-state index is 0.0124. The minimum atomic E-state index is -0.643. The Labute approximate surface area is 179 Å². The second-order valence-electron chi connectivity index (χ2n) is 7.70. The third-order valence-electron chi connectivity index (χ3n) is 5.26. The number of aryl methyl sites for hydroxylation is 1. The zero-order valence-electron chi connectivity index (χ0n) is 17.4. The number of rotatable bonds is 6. The molecule has 0 aliphatic heterocycles. The summed E-state index contributed by atoms with van der Waals surface area (Å²) in [6.45, 7) is 1.47. The lowest BCUT2D eigenvalue weighted by molar-refractivity contribution is -0.122. The number of hydrogen-bond donors (Lipinski definition) is 3. The molecule has 0 saturated heterocycles. The summed E-state index contributed by atoms with van der Waals surface area (Å²) in [6.07, 6.45) is 5.77. The molecule has 9 nitrogen and oxygen atoms in total. The predicted molar refractivity (Wildman–Crippen MR) is 108 cm³/mol. The second kappa shape index (κ2) is 10.1. The van der Waals surface area contributed by atoms with Crippen LogP contribution >= 0.6 is 0 Å². The average Bonchev–Trinajstić information content (AvgIpc) is 3.11. The molecule has 1 aromatic carbocycles. The maximum absolute atomic E-state index is 12.9. The highest BCUT2D eigenvalue weighted by Gasteiger charge is 2.38. The number of hydrogen-bond acceptors (Lipinski definition) is 6. The molecule has 1 aliphatic rings. The number of nitrogens with zero attached hydrogens (tertiary/aromatic N) is 2. The third-order valence-corrected chi connectivity index (χ3v) is 5.26. The van der Waals surface area contributed by atoms with E-state index in [0.717, 1.165) is 50.7 Å². The number of halogens is 1. The molecule has 1 aliphatic carbocycles. The van der Waals surface area contributed by atoms with Crippen LogP contribution in [-0.2, 0) is 21.5 Å². The van der Waals surface area contributed by atoms with Crippen LogP contribution in [0.2, 0.25) is 0 Å². The van der Waals surface area contributed by atoms with E-state index in [9.17, 15) is 18.8 Å². The zero-order chi connectivity index (χ0) is 22.3. The van der Waals surface area contributed by atoms with Gasteiger partial charge in [-0.3, -0.25) is 25.2 Å². The Bertz CT molecular complexity index is 920. The van der Waals surface area contributed by atoms with Gasteiger partial charge >= 0.3 is 0 Å². The molecule has 2 aromatic rings. The van der Waals surface area contributed by atoms with Gasteiger partial charge in [0, 0.05) is 25.3 Å². The van der Waals surface area contributed by atoms with Crippen LogP contribution in [0.1, 0.15) is 73.9 Å². The molecule has 0 unspecified atom stereocenters. The molecule has 1 fully saturated rings. The topological polar surface area (TPSA) is 126 Å². The van der Waals surface area contributed by atoms with Gasteiger partial charge in [-0.25, -0.2) is 4.39 Å². The molecule has 0 bridgehead atoms. The fourth-order valence-corrected chi connectivity index (χ4v) is 3.71. The Morgan fingerprint density at radius 3 is 2.39 bits per heavy atom. The monoisotopic (exact) mass is 431 g/mol. The standard InChI is InChI=1S/C21H26FN5O4/c1-14(28)24-21(12-4-2-3-5-13-21)20-23-18(31-27-20)11-10-17(29)25-26-19(30)15-6-8-16(22)9-7-15/h6-9H,2-5,10-13H2,1H3,(H,24,28)(H,25,29)(H,26,30). The number of aromatic nitrogens is 2. The first-order valence-corrected chi connectivity index (χ1v) is 10.3. The van der Waals surface area contributed by atoms with Gasteiger partial charge in [0.25, 0.3) is 5.91 Å². The molecule has 1 aromatic heterocycles. The van der Waals surface area contributed by atoms with Crippen molar-refractivity contribution in [1.29, 1.82) is 0 Å².